The SMILES string of the molecule is O=C1c2ccc(N3c4ccccc4Sc4ccccc43)cc2C(=O)N1c1ccc(-c2ccccc2)cc1. The van der Waals surface area contributed by atoms with E-state index in [1.807, 2.05) is 91.0 Å². The van der Waals surface area contributed by atoms with Gasteiger partial charge in [-0.3, -0.25) is 9.59 Å². The Kier molecular flexibility index (Phi) is 4.98. The van der Waals surface area contributed by atoms with Crippen LogP contribution in [0.2, 0.25) is 0 Å². The van der Waals surface area contributed by atoms with Crippen molar-refractivity contribution < 1.29 is 9.59 Å². The van der Waals surface area contributed by atoms with E-state index >= 15 is 0 Å². The van der Waals surface area contributed by atoms with E-state index in [0.717, 1.165) is 38.0 Å². The van der Waals surface area contributed by atoms with Crippen molar-refractivity contribution in [3.63, 3.8) is 0 Å². The molecule has 2 heterocycles. The Morgan fingerprint density at radius 2 is 1.00 bits per heavy atom. The van der Waals surface area contributed by atoms with Crippen LogP contribution in [0.25, 0.3) is 11.1 Å². The summed E-state index contributed by atoms with van der Waals surface area (Å²) in [5, 5.41) is 0. The zero-order chi connectivity index (χ0) is 24.9. The van der Waals surface area contributed by atoms with Crippen LogP contribution in [0.4, 0.5) is 22.7 Å². The number of para-hydroxylation sites is 2. The van der Waals surface area contributed by atoms with Crippen LogP contribution in [0.15, 0.2) is 131 Å². The zero-order valence-corrected chi connectivity index (χ0v) is 20.5. The van der Waals surface area contributed by atoms with Crippen molar-refractivity contribution in [2.75, 3.05) is 9.80 Å². The van der Waals surface area contributed by atoms with Crippen molar-refractivity contribution >= 4 is 46.3 Å². The van der Waals surface area contributed by atoms with Crippen LogP contribution in [0.5, 0.6) is 0 Å². The summed E-state index contributed by atoms with van der Waals surface area (Å²) >= 11 is 1.73. The predicted molar refractivity (Wildman–Crippen MR) is 148 cm³/mol. The largest absolute Gasteiger partial charge is 0.308 e. The summed E-state index contributed by atoms with van der Waals surface area (Å²) in [6.45, 7) is 0. The van der Waals surface area contributed by atoms with E-state index in [9.17, 15) is 9.59 Å². The van der Waals surface area contributed by atoms with Gasteiger partial charge in [-0.15, -0.1) is 0 Å². The summed E-state index contributed by atoms with van der Waals surface area (Å²) in [4.78, 5) is 32.6. The van der Waals surface area contributed by atoms with E-state index < -0.39 is 0 Å². The number of hydrogen-bond acceptors (Lipinski definition) is 4. The van der Waals surface area contributed by atoms with Gasteiger partial charge in [0.2, 0.25) is 0 Å². The van der Waals surface area contributed by atoms with Gasteiger partial charge in [-0.25, -0.2) is 4.90 Å². The van der Waals surface area contributed by atoms with E-state index in [1.54, 1.807) is 17.8 Å². The smallest absolute Gasteiger partial charge is 0.266 e. The first kappa shape index (κ1) is 21.7. The molecule has 0 atom stereocenters. The molecule has 4 nitrogen and oxygen atoms in total. The normalized spacial score (nSPS) is 13.8. The van der Waals surface area contributed by atoms with Gasteiger partial charge in [0.25, 0.3) is 11.8 Å². The highest BCUT2D eigenvalue weighted by Gasteiger charge is 2.37. The number of carbonyl (C=O) groups excluding carboxylic acids is 2. The molecule has 0 unspecified atom stereocenters. The maximum absolute atomic E-state index is 13.6. The van der Waals surface area contributed by atoms with Crippen LogP contribution < -0.4 is 9.80 Å². The Bertz CT molecular complexity index is 1650. The van der Waals surface area contributed by atoms with Crippen molar-refractivity contribution in [2.45, 2.75) is 9.79 Å². The number of hydrogen-bond donors (Lipinski definition) is 0. The van der Waals surface area contributed by atoms with Crippen molar-refractivity contribution in [3.05, 3.63) is 132 Å². The van der Waals surface area contributed by atoms with E-state index in [1.165, 1.54) is 4.90 Å². The Hall–Kier alpha value is -4.61. The molecule has 0 aliphatic carbocycles. The van der Waals surface area contributed by atoms with Gasteiger partial charge >= 0.3 is 0 Å². The van der Waals surface area contributed by atoms with E-state index in [0.29, 0.717) is 16.8 Å². The van der Waals surface area contributed by atoms with Crippen LogP contribution in [0, 0.1) is 0 Å². The average molecular weight is 497 g/mol. The lowest BCUT2D eigenvalue weighted by molar-refractivity contribution is 0.0926. The highest BCUT2D eigenvalue weighted by molar-refractivity contribution is 7.99. The van der Waals surface area contributed by atoms with E-state index in [4.69, 9.17) is 0 Å². The molecule has 2 aliphatic rings. The van der Waals surface area contributed by atoms with Crippen LogP contribution in [-0.2, 0) is 0 Å². The Balaban J connectivity index is 1.27. The number of rotatable bonds is 3. The Morgan fingerprint density at radius 3 is 1.68 bits per heavy atom. The molecule has 0 bridgehead atoms. The molecule has 176 valence electrons. The molecule has 37 heavy (non-hydrogen) atoms. The molecule has 0 spiro atoms. The van der Waals surface area contributed by atoms with Gasteiger partial charge in [0.05, 0.1) is 28.2 Å². The average Bonchev–Trinajstić information content (AvgIpc) is 3.21. The zero-order valence-electron chi connectivity index (χ0n) is 19.7. The fraction of sp³-hybridized carbons (Fsp3) is 0. The van der Waals surface area contributed by atoms with Gasteiger partial charge in [-0.1, -0.05) is 78.5 Å². The number of imide groups is 1. The van der Waals surface area contributed by atoms with Crippen LogP contribution in [0.3, 0.4) is 0 Å². The summed E-state index contributed by atoms with van der Waals surface area (Å²) in [5.74, 6) is -0.601. The van der Waals surface area contributed by atoms with Crippen LogP contribution in [0.1, 0.15) is 20.7 Å². The first-order valence-corrected chi connectivity index (χ1v) is 12.8. The third kappa shape index (κ3) is 3.47. The van der Waals surface area contributed by atoms with Crippen molar-refractivity contribution in [3.8, 4) is 11.1 Å². The van der Waals surface area contributed by atoms with Gasteiger partial charge in [-0.05, 0) is 65.7 Å². The lowest BCUT2D eigenvalue weighted by Gasteiger charge is -2.32. The van der Waals surface area contributed by atoms with Crippen LogP contribution >= 0.6 is 11.8 Å². The van der Waals surface area contributed by atoms with Crippen molar-refractivity contribution in [1.29, 1.82) is 0 Å². The predicted octanol–water partition coefficient (Wildman–Crippen LogP) is 8.09. The van der Waals surface area contributed by atoms with Gasteiger partial charge in [0.1, 0.15) is 0 Å². The first-order valence-electron chi connectivity index (χ1n) is 12.0. The third-order valence-electron chi connectivity index (χ3n) is 6.79. The van der Waals surface area contributed by atoms with Gasteiger partial charge in [-0.2, -0.15) is 0 Å². The van der Waals surface area contributed by atoms with E-state index in [-0.39, 0.29) is 11.8 Å². The first-order chi connectivity index (χ1) is 18.2. The summed E-state index contributed by atoms with van der Waals surface area (Å²) in [7, 11) is 0. The number of fused-ring (bicyclic) bond motifs is 3. The minimum absolute atomic E-state index is 0.297. The van der Waals surface area contributed by atoms with Crippen molar-refractivity contribution in [2.24, 2.45) is 0 Å². The standard InChI is InChI=1S/C32H20N2O2S/c35-31-25-19-18-24(33-27-10-4-6-12-29(27)37-30-13-7-5-11-28(30)33)20-26(25)32(36)34(31)23-16-14-22(15-17-23)21-8-2-1-3-9-21/h1-20H. The lowest BCUT2D eigenvalue weighted by atomic mass is 10.1. The molecule has 0 radical (unpaired) electrons. The Labute approximate surface area is 218 Å². The summed E-state index contributed by atoms with van der Waals surface area (Å²) in [5.41, 5.74) is 6.48. The molecule has 5 aromatic carbocycles. The molecular formula is C32H20N2O2S. The number of anilines is 4. The highest BCUT2D eigenvalue weighted by atomic mass is 32.2. The van der Waals surface area contributed by atoms with Crippen molar-refractivity contribution in [1.82, 2.24) is 0 Å². The number of benzene rings is 5. The maximum Gasteiger partial charge on any atom is 0.266 e. The molecule has 0 aromatic heterocycles. The molecule has 0 saturated carbocycles. The molecule has 5 heteroatoms. The topological polar surface area (TPSA) is 40.6 Å². The number of amides is 2. The lowest BCUT2D eigenvalue weighted by Crippen LogP contribution is -2.29. The molecular weight excluding hydrogens is 476 g/mol. The molecule has 2 amide bonds. The molecule has 7 rings (SSSR count). The van der Waals surface area contributed by atoms with Gasteiger partial charge < -0.3 is 4.90 Å². The molecule has 0 N–H and O–H groups in total. The minimum atomic E-state index is -0.303. The quantitative estimate of drug-likeness (QED) is 0.232. The molecule has 0 fully saturated rings. The van der Waals surface area contributed by atoms with Gasteiger partial charge in [0, 0.05) is 15.5 Å². The number of nitrogens with zero attached hydrogens (tertiary/aromatic N) is 2. The molecule has 2 aliphatic heterocycles. The minimum Gasteiger partial charge on any atom is -0.308 e. The fourth-order valence-corrected chi connectivity index (χ4v) is 6.08. The summed E-state index contributed by atoms with van der Waals surface area (Å²) in [6.07, 6.45) is 0. The Morgan fingerprint density at radius 1 is 0.459 bits per heavy atom. The van der Waals surface area contributed by atoms with E-state index in [2.05, 4.69) is 29.2 Å². The summed E-state index contributed by atoms with van der Waals surface area (Å²) < 4.78 is 0. The van der Waals surface area contributed by atoms with Gasteiger partial charge in [0.15, 0.2) is 0 Å². The number of carbonyl (C=O) groups is 2. The monoisotopic (exact) mass is 496 g/mol. The second kappa shape index (κ2) is 8.50. The molecule has 0 saturated heterocycles. The maximum atomic E-state index is 13.6. The second-order valence-electron chi connectivity index (χ2n) is 8.96. The third-order valence-corrected chi connectivity index (χ3v) is 7.92. The summed E-state index contributed by atoms with van der Waals surface area (Å²) in [6, 6.07) is 39.6. The molecule has 5 aromatic rings. The fourth-order valence-electron chi connectivity index (χ4n) is 5.02. The second-order valence-corrected chi connectivity index (χ2v) is 10.0. The van der Waals surface area contributed by atoms with Crippen LogP contribution in [-0.4, -0.2) is 11.8 Å². The highest BCUT2D eigenvalue weighted by Crippen LogP contribution is 2.51.